The summed E-state index contributed by atoms with van der Waals surface area (Å²) in [5, 5.41) is 13.1. The van der Waals surface area contributed by atoms with E-state index in [2.05, 4.69) is 0 Å². The van der Waals surface area contributed by atoms with E-state index in [-0.39, 0.29) is 11.3 Å². The van der Waals surface area contributed by atoms with Gasteiger partial charge in [-0.05, 0) is 41.6 Å². The van der Waals surface area contributed by atoms with E-state index in [0.717, 1.165) is 10.4 Å². The van der Waals surface area contributed by atoms with Crippen LogP contribution >= 0.6 is 11.3 Å². The van der Waals surface area contributed by atoms with Crippen molar-refractivity contribution >= 4 is 28.8 Å². The highest BCUT2D eigenvalue weighted by atomic mass is 32.1. The lowest BCUT2D eigenvalue weighted by atomic mass is 9.99. The predicted octanol–water partition coefficient (Wildman–Crippen LogP) is 4.18. The maximum atomic E-state index is 13.1. The van der Waals surface area contributed by atoms with Crippen LogP contribution in [0.3, 0.4) is 0 Å². The first-order valence-corrected chi connectivity index (χ1v) is 11.3. The summed E-state index contributed by atoms with van der Waals surface area (Å²) in [5.41, 5.74) is 1.59. The average molecular weight is 448 g/mol. The summed E-state index contributed by atoms with van der Waals surface area (Å²) < 4.78 is 11.2. The first-order chi connectivity index (χ1) is 15.6. The van der Waals surface area contributed by atoms with Crippen LogP contribution < -0.4 is 9.47 Å². The fourth-order valence-electron chi connectivity index (χ4n) is 4.09. The fourth-order valence-corrected chi connectivity index (χ4v) is 4.94. The lowest BCUT2D eigenvalue weighted by molar-refractivity contribution is -0.139. The third-order valence-electron chi connectivity index (χ3n) is 5.65. The highest BCUT2D eigenvalue weighted by Crippen LogP contribution is 2.42. The molecular weight excluding hydrogens is 426 g/mol. The molecule has 1 atom stereocenters. The number of carbonyl (C=O) groups excluding carboxylic acids is 2. The number of fused-ring (bicyclic) bond motifs is 1. The Hall–Kier alpha value is -3.58. The normalized spacial score (nSPS) is 19.4. The van der Waals surface area contributed by atoms with Crippen molar-refractivity contribution in [2.45, 2.75) is 12.5 Å². The van der Waals surface area contributed by atoms with Crippen molar-refractivity contribution < 1.29 is 24.2 Å². The van der Waals surface area contributed by atoms with Gasteiger partial charge in [-0.1, -0.05) is 36.4 Å². The smallest absolute Gasteiger partial charge is 0.295 e. The fraction of sp³-hybridized carbons (Fsp3) is 0.200. The summed E-state index contributed by atoms with van der Waals surface area (Å²) in [4.78, 5) is 28.5. The Labute approximate surface area is 189 Å². The number of hydrogen-bond acceptors (Lipinski definition) is 6. The van der Waals surface area contributed by atoms with Crippen LogP contribution in [0, 0.1) is 0 Å². The Morgan fingerprint density at radius 3 is 2.53 bits per heavy atom. The zero-order chi connectivity index (χ0) is 22.1. The van der Waals surface area contributed by atoms with Crippen molar-refractivity contribution in [1.82, 2.24) is 4.90 Å². The zero-order valence-electron chi connectivity index (χ0n) is 17.2. The van der Waals surface area contributed by atoms with E-state index in [1.54, 1.807) is 23.1 Å². The number of thiophene rings is 1. The van der Waals surface area contributed by atoms with Crippen LogP contribution in [0.1, 0.15) is 22.0 Å². The molecule has 1 saturated heterocycles. The van der Waals surface area contributed by atoms with Crippen molar-refractivity contribution in [3.8, 4) is 11.5 Å². The Balaban J connectivity index is 1.54. The minimum Gasteiger partial charge on any atom is -0.507 e. The van der Waals surface area contributed by atoms with Crippen LogP contribution in [-0.4, -0.2) is 41.5 Å². The van der Waals surface area contributed by atoms with E-state index in [4.69, 9.17) is 9.47 Å². The van der Waals surface area contributed by atoms with Crippen molar-refractivity contribution in [3.05, 3.63) is 87.6 Å². The summed E-state index contributed by atoms with van der Waals surface area (Å²) in [6.07, 6.45) is 0.611. The van der Waals surface area contributed by atoms with Gasteiger partial charge in [0.05, 0.1) is 11.6 Å². The van der Waals surface area contributed by atoms with Gasteiger partial charge < -0.3 is 19.5 Å². The van der Waals surface area contributed by atoms with Gasteiger partial charge in [0.25, 0.3) is 11.7 Å². The Morgan fingerprint density at radius 2 is 1.78 bits per heavy atom. The Morgan fingerprint density at radius 1 is 1.00 bits per heavy atom. The lowest BCUT2D eigenvalue weighted by Gasteiger charge is -2.24. The van der Waals surface area contributed by atoms with Gasteiger partial charge in [-0.3, -0.25) is 9.59 Å². The Bertz CT molecular complexity index is 1190. The van der Waals surface area contributed by atoms with Gasteiger partial charge in [0.1, 0.15) is 19.0 Å². The highest BCUT2D eigenvalue weighted by Gasteiger charge is 2.46. The number of hydrogen-bond donors (Lipinski definition) is 1. The van der Waals surface area contributed by atoms with Gasteiger partial charge >= 0.3 is 0 Å². The van der Waals surface area contributed by atoms with Crippen molar-refractivity contribution in [2.24, 2.45) is 0 Å². The second-order valence-corrected chi connectivity index (χ2v) is 8.58. The van der Waals surface area contributed by atoms with Crippen LogP contribution in [0.15, 0.2) is 71.6 Å². The van der Waals surface area contributed by atoms with Gasteiger partial charge in [-0.2, -0.15) is 0 Å². The number of ether oxygens (including phenoxy) is 2. The van der Waals surface area contributed by atoms with Crippen LogP contribution in [0.4, 0.5) is 0 Å². The minimum absolute atomic E-state index is 0.0992. The number of amides is 1. The van der Waals surface area contributed by atoms with Crippen LogP contribution in [0.2, 0.25) is 0 Å². The average Bonchev–Trinajstić information content (AvgIpc) is 3.45. The molecule has 6 nitrogen and oxygen atoms in total. The highest BCUT2D eigenvalue weighted by molar-refractivity contribution is 7.10. The first-order valence-electron chi connectivity index (χ1n) is 10.4. The molecular formula is C25H21NO5S. The molecule has 0 bridgehead atoms. The largest absolute Gasteiger partial charge is 0.507 e. The number of rotatable bonds is 5. The third-order valence-corrected chi connectivity index (χ3v) is 6.58. The molecule has 7 heteroatoms. The maximum Gasteiger partial charge on any atom is 0.295 e. The number of benzene rings is 2. The van der Waals surface area contributed by atoms with Gasteiger partial charge in [-0.15, -0.1) is 11.3 Å². The maximum absolute atomic E-state index is 13.1. The molecule has 1 N–H and O–H groups in total. The van der Waals surface area contributed by atoms with E-state index < -0.39 is 17.7 Å². The molecule has 3 heterocycles. The first kappa shape index (κ1) is 20.3. The zero-order valence-corrected chi connectivity index (χ0v) is 18.0. The number of nitrogens with zero attached hydrogens (tertiary/aromatic N) is 1. The summed E-state index contributed by atoms with van der Waals surface area (Å²) >= 11 is 1.45. The van der Waals surface area contributed by atoms with E-state index in [9.17, 15) is 14.7 Å². The number of ketones is 1. The second kappa shape index (κ2) is 8.51. The molecule has 1 amide bonds. The summed E-state index contributed by atoms with van der Waals surface area (Å²) in [6, 6.07) is 18.0. The number of carbonyl (C=O) groups is 2. The topological polar surface area (TPSA) is 76.1 Å². The van der Waals surface area contributed by atoms with Crippen molar-refractivity contribution in [2.75, 3.05) is 19.8 Å². The number of likely N-dealkylation sites (tertiary alicyclic amines) is 1. The number of aliphatic hydroxyl groups excluding tert-OH is 1. The molecule has 32 heavy (non-hydrogen) atoms. The quantitative estimate of drug-likeness (QED) is 0.361. The molecule has 2 aliphatic rings. The molecule has 5 rings (SSSR count). The SMILES string of the molecule is O=C1C(=O)N(CCc2ccccc2)C(c2cccs2)C1=C(O)c1ccc2c(c1)OCCO2. The van der Waals surface area contributed by atoms with Gasteiger partial charge in [-0.25, -0.2) is 0 Å². The molecule has 1 fully saturated rings. The third kappa shape index (κ3) is 3.65. The van der Waals surface area contributed by atoms with Gasteiger partial charge in [0.2, 0.25) is 0 Å². The van der Waals surface area contributed by atoms with E-state index in [1.165, 1.54) is 11.3 Å². The summed E-state index contributed by atoms with van der Waals surface area (Å²) in [5.74, 6) is -0.389. The van der Waals surface area contributed by atoms with Crippen molar-refractivity contribution in [1.29, 1.82) is 0 Å². The van der Waals surface area contributed by atoms with Crippen molar-refractivity contribution in [3.63, 3.8) is 0 Å². The van der Waals surface area contributed by atoms with Gasteiger partial charge in [0.15, 0.2) is 11.5 Å². The second-order valence-electron chi connectivity index (χ2n) is 7.60. The van der Waals surface area contributed by atoms with E-state index in [0.29, 0.717) is 43.2 Å². The van der Waals surface area contributed by atoms with E-state index >= 15 is 0 Å². The minimum atomic E-state index is -0.677. The molecule has 2 aliphatic heterocycles. The molecule has 1 aromatic heterocycles. The molecule has 0 spiro atoms. The van der Waals surface area contributed by atoms with E-state index in [1.807, 2.05) is 47.8 Å². The molecule has 3 aromatic rings. The molecule has 1 unspecified atom stereocenters. The molecule has 0 radical (unpaired) electrons. The summed E-state index contributed by atoms with van der Waals surface area (Å²) in [7, 11) is 0. The van der Waals surface area contributed by atoms with Crippen LogP contribution in [0.5, 0.6) is 11.5 Å². The predicted molar refractivity (Wildman–Crippen MR) is 121 cm³/mol. The lowest BCUT2D eigenvalue weighted by Crippen LogP contribution is -2.31. The molecule has 2 aromatic carbocycles. The molecule has 0 saturated carbocycles. The standard InChI is InChI=1S/C25H21NO5S/c27-23(17-8-9-18-19(15-17)31-13-12-30-18)21-22(20-7-4-14-32-20)26(25(29)24(21)28)11-10-16-5-2-1-3-6-16/h1-9,14-15,22,27H,10-13H2. The molecule has 162 valence electrons. The van der Waals surface area contributed by atoms with Crippen LogP contribution in [-0.2, 0) is 16.0 Å². The number of aliphatic hydroxyl groups is 1. The number of Topliss-reactive ketones (excluding diaryl/α,β-unsaturated/α-hetero) is 1. The summed E-state index contributed by atoms with van der Waals surface area (Å²) in [6.45, 7) is 1.24. The molecule has 0 aliphatic carbocycles. The van der Waals surface area contributed by atoms with Crippen LogP contribution in [0.25, 0.3) is 5.76 Å². The van der Waals surface area contributed by atoms with Gasteiger partial charge in [0, 0.05) is 17.0 Å². The monoisotopic (exact) mass is 447 g/mol. The Kier molecular flexibility index (Phi) is 5.41.